The third-order valence-corrected chi connectivity index (χ3v) is 23.6. The quantitative estimate of drug-likeness (QED) is 0.0765. The largest absolute Gasteiger partial charge is 0.465 e. The van der Waals surface area contributed by atoms with Crippen molar-refractivity contribution in [2.45, 2.75) is 251 Å². The van der Waals surface area contributed by atoms with Crippen LogP contribution in [0.3, 0.4) is 0 Å². The van der Waals surface area contributed by atoms with Crippen LogP contribution in [0.5, 0.6) is 0 Å². The van der Waals surface area contributed by atoms with Crippen LogP contribution in [0, 0.1) is 96.1 Å². The third-order valence-electron chi connectivity index (χ3n) is 23.6. The Hall–Kier alpha value is -2.16. The Morgan fingerprint density at radius 2 is 1.00 bits per heavy atom. The molecule has 9 fully saturated rings. The molecule has 0 aromatic heterocycles. The minimum atomic E-state index is -1.24. The fourth-order valence-corrected chi connectivity index (χ4v) is 17.2. The molecule has 0 spiro atoms. The van der Waals surface area contributed by atoms with Gasteiger partial charge in [-0.2, -0.15) is 0 Å². The second kappa shape index (κ2) is 18.3. The Morgan fingerprint density at radius 3 is 1.41 bits per heavy atom. The number of rotatable bonds is 19. The zero-order chi connectivity index (χ0) is 52.3. The van der Waals surface area contributed by atoms with Crippen LogP contribution in [-0.4, -0.2) is 59.5 Å². The number of carbonyl (C=O) groups is 4. The highest BCUT2D eigenvalue weighted by Gasteiger charge is 2.66. The van der Waals surface area contributed by atoms with Gasteiger partial charge in [0, 0.05) is 6.42 Å². The van der Waals surface area contributed by atoms with Crippen molar-refractivity contribution in [3.63, 3.8) is 0 Å². The van der Waals surface area contributed by atoms with Crippen molar-refractivity contribution in [3.05, 3.63) is 0 Å². The molecule has 9 rings (SSSR count). The number of carbonyl (C=O) groups excluding carboxylic acids is 4. The van der Waals surface area contributed by atoms with E-state index in [1.807, 2.05) is 13.8 Å². The first-order valence-electron chi connectivity index (χ1n) is 28.4. The molecular formula is C61H102O9. The summed E-state index contributed by atoms with van der Waals surface area (Å²) in [6, 6.07) is 0. The van der Waals surface area contributed by atoms with Gasteiger partial charge in [-0.05, 0) is 210 Å². The van der Waals surface area contributed by atoms with E-state index in [0.717, 1.165) is 62.2 Å². The summed E-state index contributed by atoms with van der Waals surface area (Å²) in [5.41, 5.74) is -7.92. The number of ether oxygens (including phenoxy) is 4. The second-order valence-electron chi connectivity index (χ2n) is 31.0. The number of cyclic esters (lactones) is 1. The van der Waals surface area contributed by atoms with Crippen molar-refractivity contribution in [1.82, 2.24) is 0 Å². The summed E-state index contributed by atoms with van der Waals surface area (Å²) in [5, 5.41) is 12.0. The molecule has 1 heterocycles. The minimum absolute atomic E-state index is 0.142. The second-order valence-corrected chi connectivity index (χ2v) is 31.0. The van der Waals surface area contributed by atoms with Gasteiger partial charge < -0.3 is 24.1 Å². The first kappa shape index (κ1) is 55.6. The van der Waals surface area contributed by atoms with Crippen LogP contribution in [0.25, 0.3) is 0 Å². The molecule has 9 nitrogen and oxygen atoms in total. The maximum Gasteiger partial charge on any atom is 0.347 e. The molecule has 9 aliphatic rings. The van der Waals surface area contributed by atoms with Crippen molar-refractivity contribution in [3.8, 4) is 0 Å². The molecule has 400 valence electrons. The predicted octanol–water partition coefficient (Wildman–Crippen LogP) is 13.9. The van der Waals surface area contributed by atoms with Crippen molar-refractivity contribution in [1.29, 1.82) is 0 Å². The molecule has 0 aromatic carbocycles. The molecule has 1 N–H and O–H groups in total. The summed E-state index contributed by atoms with van der Waals surface area (Å²) in [6.07, 6.45) is 14.8. The molecule has 0 aromatic rings. The Balaban J connectivity index is 1.14. The van der Waals surface area contributed by atoms with Gasteiger partial charge >= 0.3 is 23.9 Å². The molecule has 8 saturated carbocycles. The zero-order valence-corrected chi connectivity index (χ0v) is 47.8. The Morgan fingerprint density at radius 1 is 0.571 bits per heavy atom. The number of hydrogen-bond acceptors (Lipinski definition) is 9. The highest BCUT2D eigenvalue weighted by molar-refractivity contribution is 5.84. The minimum Gasteiger partial charge on any atom is -0.465 e. The molecule has 1 aliphatic heterocycles. The van der Waals surface area contributed by atoms with E-state index in [1.54, 1.807) is 0 Å². The fourth-order valence-electron chi connectivity index (χ4n) is 17.2. The van der Waals surface area contributed by atoms with E-state index in [-0.39, 0.29) is 24.0 Å². The lowest BCUT2D eigenvalue weighted by Crippen LogP contribution is -2.62. The molecule has 70 heavy (non-hydrogen) atoms. The van der Waals surface area contributed by atoms with Crippen LogP contribution in [0.1, 0.15) is 234 Å². The normalized spacial score (nSPS) is 35.7. The highest BCUT2D eigenvalue weighted by Crippen LogP contribution is 2.67. The fraction of sp³-hybridized carbons (Fsp3) is 0.934. The van der Waals surface area contributed by atoms with E-state index in [2.05, 4.69) is 111 Å². The van der Waals surface area contributed by atoms with E-state index in [0.29, 0.717) is 62.4 Å². The predicted molar refractivity (Wildman–Crippen MR) is 276 cm³/mol. The van der Waals surface area contributed by atoms with Crippen molar-refractivity contribution in [2.75, 3.05) is 13.2 Å². The number of unbranched alkanes of at least 4 members (excludes halogenated alkanes) is 1. The third kappa shape index (κ3) is 9.48. The van der Waals surface area contributed by atoms with Crippen molar-refractivity contribution < 1.29 is 43.2 Å². The Kier molecular flexibility index (Phi) is 14.5. The summed E-state index contributed by atoms with van der Waals surface area (Å²) in [4.78, 5) is 58.6. The topological polar surface area (TPSA) is 125 Å². The van der Waals surface area contributed by atoms with Crippen LogP contribution in [-0.2, 0) is 38.1 Å². The summed E-state index contributed by atoms with van der Waals surface area (Å²) in [6.45, 7) is 39.1. The molecule has 0 amide bonds. The van der Waals surface area contributed by atoms with Gasteiger partial charge in [-0.3, -0.25) is 14.4 Å². The molecule has 4 atom stereocenters. The molecule has 9 heteroatoms. The lowest BCUT2D eigenvalue weighted by molar-refractivity contribution is -0.225. The molecule has 4 unspecified atom stereocenters. The van der Waals surface area contributed by atoms with Gasteiger partial charge in [0.2, 0.25) is 6.10 Å². The number of aliphatic hydroxyl groups is 1. The van der Waals surface area contributed by atoms with Gasteiger partial charge in [0.1, 0.15) is 5.60 Å². The average Bonchev–Trinajstić information content (AvgIpc) is 3.62. The van der Waals surface area contributed by atoms with Gasteiger partial charge in [0.05, 0.1) is 35.1 Å². The summed E-state index contributed by atoms with van der Waals surface area (Å²) < 4.78 is 25.0. The SMILES string of the molecule is CC(C)(C)CC(C)(C(=O)OC1(C)C2CC3CC(C2)CC1C3)C(C)(C)C(C)(C)CC(C)(C(=O)OC1CCOC1=O)C(C)(C)C(C)(C)CC(C)(C(=O)OCCCCC1(O)C2CC3CC(C2)CC1C3)C(C)(C)C. The van der Waals surface area contributed by atoms with Crippen molar-refractivity contribution in [2.24, 2.45) is 96.1 Å². The van der Waals surface area contributed by atoms with Crippen molar-refractivity contribution >= 4 is 23.9 Å². The molecule has 8 bridgehead atoms. The van der Waals surface area contributed by atoms with Crippen LogP contribution < -0.4 is 0 Å². The lowest BCUT2D eigenvalue weighted by Gasteiger charge is -2.62. The number of hydrogen-bond donors (Lipinski definition) is 1. The van der Waals surface area contributed by atoms with E-state index in [9.17, 15) is 14.7 Å². The van der Waals surface area contributed by atoms with Gasteiger partial charge in [0.25, 0.3) is 0 Å². The maximum absolute atomic E-state index is 15.5. The first-order chi connectivity index (χ1) is 31.9. The molecular weight excluding hydrogens is 877 g/mol. The molecule has 0 radical (unpaired) electrons. The van der Waals surface area contributed by atoms with Crippen LogP contribution in [0.15, 0.2) is 0 Å². The van der Waals surface area contributed by atoms with Gasteiger partial charge in [-0.15, -0.1) is 0 Å². The Bertz CT molecular complexity index is 1920. The van der Waals surface area contributed by atoms with E-state index in [4.69, 9.17) is 18.9 Å². The highest BCUT2D eigenvalue weighted by atomic mass is 16.6. The van der Waals surface area contributed by atoms with Gasteiger partial charge in [-0.25, -0.2) is 4.79 Å². The monoisotopic (exact) mass is 979 g/mol. The zero-order valence-electron chi connectivity index (χ0n) is 47.8. The van der Waals surface area contributed by atoms with Crippen LogP contribution >= 0.6 is 0 Å². The molecule has 1 saturated heterocycles. The van der Waals surface area contributed by atoms with Gasteiger partial charge in [-0.1, -0.05) is 96.9 Å². The smallest absolute Gasteiger partial charge is 0.347 e. The standard InChI is InChI=1S/C61H102O9/c1-51(2,3)35-58(16,50(65)70-60(18)42-27-38-25-39(29-42)30-43(60)28-38)55(11,12)54(9,10)37-59(17,49(64)69-46-21-24-67-47(46)62)56(13,14)53(7,8)36-57(15,52(4,5)6)48(63)68-23-20-19-22-61(66)44-31-40-26-41(33-44)34-45(61)32-40/h38-46,66H,19-37H2,1-18H3. The van der Waals surface area contributed by atoms with Gasteiger partial charge in [0.15, 0.2) is 0 Å². The molecule has 8 aliphatic carbocycles. The maximum atomic E-state index is 15.5. The van der Waals surface area contributed by atoms with Crippen LogP contribution in [0.2, 0.25) is 0 Å². The average molecular weight is 979 g/mol. The first-order valence-corrected chi connectivity index (χ1v) is 28.4. The van der Waals surface area contributed by atoms with E-state index >= 15 is 9.59 Å². The van der Waals surface area contributed by atoms with Crippen LogP contribution in [0.4, 0.5) is 0 Å². The summed E-state index contributed by atoms with van der Waals surface area (Å²) >= 11 is 0. The Labute approximate surface area is 425 Å². The number of esters is 4. The van der Waals surface area contributed by atoms with E-state index < -0.39 is 72.6 Å². The lowest BCUT2D eigenvalue weighted by atomic mass is 9.43. The van der Waals surface area contributed by atoms with E-state index in [1.165, 1.54) is 38.5 Å². The summed E-state index contributed by atoms with van der Waals surface area (Å²) in [7, 11) is 0. The summed E-state index contributed by atoms with van der Waals surface area (Å²) in [5.74, 6) is 3.29.